The molecule has 22 heavy (non-hydrogen) atoms. The summed E-state index contributed by atoms with van der Waals surface area (Å²) in [6.45, 7) is 5.92. The molecule has 1 aliphatic carbocycles. The third-order valence-electron chi connectivity index (χ3n) is 4.29. The van der Waals surface area contributed by atoms with Crippen LogP contribution in [0.2, 0.25) is 0 Å². The minimum absolute atomic E-state index is 0.0778. The molecule has 0 aromatic rings. The average molecular weight is 310 g/mol. The lowest BCUT2D eigenvalue weighted by molar-refractivity contribution is -0.168. The van der Waals surface area contributed by atoms with E-state index in [1.165, 1.54) is 0 Å². The summed E-state index contributed by atoms with van der Waals surface area (Å²) in [7, 11) is 0. The maximum atomic E-state index is 12.1. The molecular weight excluding hydrogens is 280 g/mol. The Morgan fingerprint density at radius 2 is 1.86 bits per heavy atom. The van der Waals surface area contributed by atoms with E-state index < -0.39 is 0 Å². The monoisotopic (exact) mass is 310 g/mol. The van der Waals surface area contributed by atoms with Crippen LogP contribution in [0.4, 0.5) is 0 Å². The van der Waals surface area contributed by atoms with Gasteiger partial charge in [0.1, 0.15) is 0 Å². The predicted molar refractivity (Wildman–Crippen MR) is 86.1 cm³/mol. The Morgan fingerprint density at radius 1 is 1.18 bits per heavy atom. The van der Waals surface area contributed by atoms with Crippen LogP contribution in [0.25, 0.3) is 0 Å². The van der Waals surface area contributed by atoms with Crippen molar-refractivity contribution in [3.8, 4) is 0 Å². The second-order valence-corrected chi connectivity index (χ2v) is 5.98. The first-order chi connectivity index (χ1) is 10.6. The molecule has 0 heterocycles. The second-order valence-electron chi connectivity index (χ2n) is 5.98. The molecule has 0 amide bonds. The quantitative estimate of drug-likeness (QED) is 0.468. The SMILES string of the molecule is CCCC(CCC)C(=O)OCOC(=O)C1=CCCCC1CC. The highest BCUT2D eigenvalue weighted by atomic mass is 16.7. The van der Waals surface area contributed by atoms with Gasteiger partial charge in [-0.25, -0.2) is 4.79 Å². The molecule has 0 saturated carbocycles. The Balaban J connectivity index is 2.40. The van der Waals surface area contributed by atoms with Crippen molar-refractivity contribution < 1.29 is 19.1 Å². The highest BCUT2D eigenvalue weighted by Gasteiger charge is 2.24. The van der Waals surface area contributed by atoms with Crippen LogP contribution in [-0.4, -0.2) is 18.7 Å². The second kappa shape index (κ2) is 10.4. The molecule has 1 atom stereocenters. The van der Waals surface area contributed by atoms with Gasteiger partial charge in [0.25, 0.3) is 0 Å². The fraction of sp³-hybridized carbons (Fsp3) is 0.778. The van der Waals surface area contributed by atoms with E-state index in [-0.39, 0.29) is 30.6 Å². The molecule has 0 aromatic carbocycles. The highest BCUT2D eigenvalue weighted by Crippen LogP contribution is 2.28. The smallest absolute Gasteiger partial charge is 0.336 e. The molecule has 0 fully saturated rings. The van der Waals surface area contributed by atoms with Crippen LogP contribution in [-0.2, 0) is 19.1 Å². The molecule has 0 radical (unpaired) electrons. The van der Waals surface area contributed by atoms with E-state index in [1.54, 1.807) is 0 Å². The van der Waals surface area contributed by atoms with Crippen molar-refractivity contribution in [1.29, 1.82) is 0 Å². The number of allylic oxidation sites excluding steroid dienone is 1. The Hall–Kier alpha value is -1.32. The molecule has 0 aliphatic heterocycles. The topological polar surface area (TPSA) is 52.6 Å². The van der Waals surface area contributed by atoms with E-state index in [4.69, 9.17) is 9.47 Å². The van der Waals surface area contributed by atoms with Gasteiger partial charge >= 0.3 is 11.9 Å². The van der Waals surface area contributed by atoms with Gasteiger partial charge in [-0.3, -0.25) is 4.79 Å². The molecular formula is C18H30O4. The number of carbonyl (C=O) groups is 2. The molecule has 1 unspecified atom stereocenters. The van der Waals surface area contributed by atoms with Crippen molar-refractivity contribution in [2.75, 3.05) is 6.79 Å². The van der Waals surface area contributed by atoms with Crippen molar-refractivity contribution in [2.45, 2.75) is 72.1 Å². The zero-order valence-corrected chi connectivity index (χ0v) is 14.2. The number of esters is 2. The third-order valence-corrected chi connectivity index (χ3v) is 4.29. The van der Waals surface area contributed by atoms with Gasteiger partial charge in [-0.15, -0.1) is 0 Å². The van der Waals surface area contributed by atoms with Crippen molar-refractivity contribution in [3.05, 3.63) is 11.6 Å². The zero-order chi connectivity index (χ0) is 16.4. The molecule has 4 heteroatoms. The lowest BCUT2D eigenvalue weighted by Crippen LogP contribution is -2.23. The summed E-state index contributed by atoms with van der Waals surface area (Å²) < 4.78 is 10.3. The van der Waals surface area contributed by atoms with Crippen LogP contribution in [0.3, 0.4) is 0 Å². The molecule has 0 spiro atoms. The Kier molecular flexibility index (Phi) is 8.86. The molecule has 0 saturated heterocycles. The van der Waals surface area contributed by atoms with E-state index in [0.717, 1.165) is 56.9 Å². The van der Waals surface area contributed by atoms with Crippen molar-refractivity contribution >= 4 is 11.9 Å². The molecule has 1 rings (SSSR count). The minimum atomic E-state index is -0.332. The van der Waals surface area contributed by atoms with E-state index in [0.29, 0.717) is 0 Å². The summed E-state index contributed by atoms with van der Waals surface area (Å²) in [4.78, 5) is 24.1. The standard InChI is InChI=1S/C18H30O4/c1-4-9-15(10-5-2)17(19)21-13-22-18(20)16-12-8-7-11-14(16)6-3/h12,14-15H,4-11,13H2,1-3H3. The summed E-state index contributed by atoms with van der Waals surface area (Å²) >= 11 is 0. The normalized spacial score (nSPS) is 18.0. The third kappa shape index (κ3) is 5.82. The number of ether oxygens (including phenoxy) is 2. The van der Waals surface area contributed by atoms with Gasteiger partial charge in [-0.05, 0) is 44.4 Å². The van der Waals surface area contributed by atoms with Crippen LogP contribution in [0.1, 0.15) is 72.1 Å². The number of rotatable bonds is 9. The molecule has 126 valence electrons. The lowest BCUT2D eigenvalue weighted by atomic mass is 9.86. The zero-order valence-electron chi connectivity index (χ0n) is 14.2. The fourth-order valence-electron chi connectivity index (χ4n) is 3.04. The van der Waals surface area contributed by atoms with Crippen molar-refractivity contribution in [1.82, 2.24) is 0 Å². The molecule has 0 aromatic heterocycles. The Bertz CT molecular complexity index is 381. The lowest BCUT2D eigenvalue weighted by Gasteiger charge is -2.21. The first kappa shape index (κ1) is 18.7. The van der Waals surface area contributed by atoms with E-state index in [1.807, 2.05) is 6.08 Å². The van der Waals surface area contributed by atoms with Crippen LogP contribution in [0.5, 0.6) is 0 Å². The fourth-order valence-corrected chi connectivity index (χ4v) is 3.04. The summed E-state index contributed by atoms with van der Waals surface area (Å²) in [6, 6.07) is 0. The number of hydrogen-bond donors (Lipinski definition) is 0. The average Bonchev–Trinajstić information content (AvgIpc) is 2.54. The molecule has 0 bridgehead atoms. The van der Waals surface area contributed by atoms with E-state index in [9.17, 15) is 9.59 Å². The Labute approximate surface area is 134 Å². The summed E-state index contributed by atoms with van der Waals surface area (Å²) in [5.41, 5.74) is 0.753. The van der Waals surface area contributed by atoms with Crippen LogP contribution in [0.15, 0.2) is 11.6 Å². The summed E-state index contributed by atoms with van der Waals surface area (Å²) in [5.74, 6) is -0.376. The van der Waals surface area contributed by atoms with Gasteiger partial charge in [0, 0.05) is 5.57 Å². The Morgan fingerprint density at radius 3 is 2.45 bits per heavy atom. The maximum absolute atomic E-state index is 12.1. The van der Waals surface area contributed by atoms with Crippen molar-refractivity contribution in [3.63, 3.8) is 0 Å². The predicted octanol–water partition coefficient (Wildman–Crippen LogP) is 4.38. The highest BCUT2D eigenvalue weighted by molar-refractivity contribution is 5.89. The first-order valence-electron chi connectivity index (χ1n) is 8.67. The summed E-state index contributed by atoms with van der Waals surface area (Å²) in [5, 5.41) is 0. The molecule has 4 nitrogen and oxygen atoms in total. The van der Waals surface area contributed by atoms with Gasteiger partial charge < -0.3 is 9.47 Å². The molecule has 1 aliphatic rings. The van der Waals surface area contributed by atoms with E-state index in [2.05, 4.69) is 20.8 Å². The first-order valence-corrected chi connectivity index (χ1v) is 8.67. The van der Waals surface area contributed by atoms with Gasteiger partial charge in [0.15, 0.2) is 0 Å². The number of hydrogen-bond acceptors (Lipinski definition) is 4. The van der Waals surface area contributed by atoms with Crippen LogP contribution in [0, 0.1) is 11.8 Å². The van der Waals surface area contributed by atoms with Crippen molar-refractivity contribution in [2.24, 2.45) is 11.8 Å². The van der Waals surface area contributed by atoms with Gasteiger partial charge in [0.05, 0.1) is 5.92 Å². The number of carbonyl (C=O) groups excluding carboxylic acids is 2. The maximum Gasteiger partial charge on any atom is 0.336 e. The van der Waals surface area contributed by atoms with Crippen LogP contribution < -0.4 is 0 Å². The largest absolute Gasteiger partial charge is 0.428 e. The summed E-state index contributed by atoms with van der Waals surface area (Å²) in [6.07, 6.45) is 9.54. The van der Waals surface area contributed by atoms with E-state index >= 15 is 0 Å². The van der Waals surface area contributed by atoms with Gasteiger partial charge in [-0.1, -0.05) is 39.7 Å². The van der Waals surface area contributed by atoms with Gasteiger partial charge in [0.2, 0.25) is 6.79 Å². The molecule has 0 N–H and O–H groups in total. The van der Waals surface area contributed by atoms with Gasteiger partial charge in [-0.2, -0.15) is 0 Å². The minimum Gasteiger partial charge on any atom is -0.428 e. The van der Waals surface area contributed by atoms with Crippen LogP contribution >= 0.6 is 0 Å².